The number of ether oxygens (including phenoxy) is 2. The lowest BCUT2D eigenvalue weighted by molar-refractivity contribution is -0.119. The fourth-order valence-corrected chi connectivity index (χ4v) is 7.13. The molecule has 1 aliphatic heterocycles. The molecule has 12 nitrogen and oxygen atoms in total. The maximum Gasteiger partial charge on any atom is 0.323 e. The number of sulfonamides is 1. The number of carbonyl (C=O) groups excluding carboxylic acids is 2. The molecule has 276 valence electrons. The van der Waals surface area contributed by atoms with Crippen molar-refractivity contribution in [1.82, 2.24) is 15.2 Å². The molecule has 1 aromatic heterocycles. The minimum Gasteiger partial charge on any atom is -0.492 e. The number of morpholine rings is 1. The van der Waals surface area contributed by atoms with E-state index >= 15 is 0 Å². The molecule has 3 N–H and O–H groups in total. The second-order valence-corrected chi connectivity index (χ2v) is 16.5. The summed E-state index contributed by atoms with van der Waals surface area (Å²) in [7, 11) is -2.53. The van der Waals surface area contributed by atoms with Crippen molar-refractivity contribution < 1.29 is 27.5 Å². The number of hydrogen-bond donors (Lipinski definition) is 3. The third-order valence-corrected chi connectivity index (χ3v) is 10.6. The van der Waals surface area contributed by atoms with Crippen LogP contribution in [0.25, 0.3) is 21.9 Å². The van der Waals surface area contributed by atoms with Gasteiger partial charge in [0.2, 0.25) is 15.9 Å². The normalized spacial score (nSPS) is 15.2. The third-order valence-electron chi connectivity index (χ3n) is 9.43. The summed E-state index contributed by atoms with van der Waals surface area (Å²) < 4.78 is 38.6. The number of nitrogens with one attached hydrogen (secondary N) is 3. The molecule has 52 heavy (non-hydrogen) atoms. The van der Waals surface area contributed by atoms with Gasteiger partial charge in [-0.2, -0.15) is 0 Å². The van der Waals surface area contributed by atoms with Gasteiger partial charge in [0.1, 0.15) is 6.54 Å². The van der Waals surface area contributed by atoms with Crippen LogP contribution < -0.4 is 25.0 Å². The van der Waals surface area contributed by atoms with Gasteiger partial charge < -0.3 is 25.4 Å². The van der Waals surface area contributed by atoms with E-state index in [1.165, 1.54) is 7.11 Å². The van der Waals surface area contributed by atoms with Crippen LogP contribution in [0.5, 0.6) is 5.75 Å². The van der Waals surface area contributed by atoms with Crippen LogP contribution in [0.1, 0.15) is 44.9 Å². The number of methoxy groups -OCH3 is 1. The maximum absolute atomic E-state index is 13.7. The van der Waals surface area contributed by atoms with E-state index in [2.05, 4.69) is 33.0 Å². The van der Waals surface area contributed by atoms with Crippen LogP contribution in [0.2, 0.25) is 0 Å². The third kappa shape index (κ3) is 9.01. The fourth-order valence-electron chi connectivity index (χ4n) is 6.29. The van der Waals surface area contributed by atoms with Crippen molar-refractivity contribution in [3.05, 3.63) is 78.1 Å². The van der Waals surface area contributed by atoms with Gasteiger partial charge in [0.25, 0.3) is 0 Å². The topological polar surface area (TPSA) is 142 Å². The first-order valence-electron chi connectivity index (χ1n) is 17.6. The van der Waals surface area contributed by atoms with Gasteiger partial charge in [-0.3, -0.25) is 19.0 Å². The highest BCUT2D eigenvalue weighted by Crippen LogP contribution is 2.42. The predicted molar refractivity (Wildman–Crippen MR) is 206 cm³/mol. The maximum atomic E-state index is 13.7. The van der Waals surface area contributed by atoms with Gasteiger partial charge in [0.15, 0.2) is 5.75 Å². The van der Waals surface area contributed by atoms with E-state index in [0.29, 0.717) is 18.2 Å². The van der Waals surface area contributed by atoms with Crippen LogP contribution in [0.15, 0.2) is 66.9 Å². The van der Waals surface area contributed by atoms with Gasteiger partial charge in [0, 0.05) is 43.3 Å². The van der Waals surface area contributed by atoms with Crippen LogP contribution in [-0.2, 0) is 31.5 Å². The largest absolute Gasteiger partial charge is 0.492 e. The van der Waals surface area contributed by atoms with Crippen molar-refractivity contribution in [1.29, 1.82) is 0 Å². The number of fused-ring (bicyclic) bond motifs is 1. The van der Waals surface area contributed by atoms with Crippen LogP contribution in [0, 0.1) is 5.92 Å². The van der Waals surface area contributed by atoms with E-state index in [1.807, 2.05) is 63.4 Å². The monoisotopic (exact) mass is 728 g/mol. The number of nitrogens with zero attached hydrogens (tertiary/aromatic N) is 3. The summed E-state index contributed by atoms with van der Waals surface area (Å²) in [6.07, 6.45) is 5.04. The molecule has 1 aliphatic carbocycles. The Morgan fingerprint density at radius 2 is 1.69 bits per heavy atom. The van der Waals surface area contributed by atoms with Gasteiger partial charge in [-0.1, -0.05) is 57.2 Å². The van der Waals surface area contributed by atoms with Crippen LogP contribution in [-0.4, -0.2) is 83.0 Å². The molecule has 1 saturated carbocycles. The van der Waals surface area contributed by atoms with Crippen LogP contribution in [0.3, 0.4) is 0 Å². The van der Waals surface area contributed by atoms with E-state index in [1.54, 1.807) is 12.1 Å². The average Bonchev–Trinajstić information content (AvgIpc) is 3.94. The number of hydrogen-bond acceptors (Lipinski definition) is 8. The Hall–Kier alpha value is -4.72. The highest BCUT2D eigenvalue weighted by Gasteiger charge is 2.30. The Bertz CT molecular complexity index is 2040. The summed E-state index contributed by atoms with van der Waals surface area (Å²) >= 11 is 0. The molecule has 0 spiro atoms. The lowest BCUT2D eigenvalue weighted by atomic mass is 9.86. The summed E-state index contributed by atoms with van der Waals surface area (Å²) in [5, 5.41) is 10.5. The minimum absolute atomic E-state index is 0.119. The molecule has 0 unspecified atom stereocenters. The molecule has 6 rings (SSSR count). The summed E-state index contributed by atoms with van der Waals surface area (Å²) in [6.45, 7) is 10.1. The number of rotatable bonds is 12. The molecule has 0 radical (unpaired) electrons. The zero-order chi connectivity index (χ0) is 37.0. The lowest BCUT2D eigenvalue weighted by Crippen LogP contribution is -2.41. The molecular formula is C39H48N6O6S. The van der Waals surface area contributed by atoms with Gasteiger partial charge in [-0.15, -0.1) is 0 Å². The Kier molecular flexibility index (Phi) is 11.0. The molecule has 2 fully saturated rings. The molecule has 13 heteroatoms. The number of benzene rings is 3. The van der Waals surface area contributed by atoms with E-state index in [-0.39, 0.29) is 17.1 Å². The average molecular weight is 729 g/mol. The number of carbonyl (C=O) groups is 2. The molecule has 4 aromatic rings. The molecule has 3 aromatic carbocycles. The molecule has 0 atom stereocenters. The number of anilines is 3. The van der Waals surface area contributed by atoms with E-state index in [0.717, 1.165) is 89.4 Å². The fraction of sp³-hybridized carbons (Fsp3) is 0.410. The summed E-state index contributed by atoms with van der Waals surface area (Å²) in [4.78, 5) is 33.7. The SMILES string of the molecule is COc1c(NC(=O)Nc2ccc(-c3ccc(CN4CCOCC4)nc3)c3ccccc23)cc(C(C)(C)C)cc1N(CC(=O)NCC1CC1)S(C)(=O)=O. The van der Waals surface area contributed by atoms with E-state index in [9.17, 15) is 18.0 Å². The summed E-state index contributed by atoms with van der Waals surface area (Å²) in [6, 6.07) is 18.7. The van der Waals surface area contributed by atoms with Crippen molar-refractivity contribution in [2.75, 3.05) is 67.7 Å². The summed E-state index contributed by atoms with van der Waals surface area (Å²) in [5.74, 6) is 0.141. The Labute approximate surface area is 305 Å². The first-order valence-corrected chi connectivity index (χ1v) is 19.5. The molecular weight excluding hydrogens is 681 g/mol. The van der Waals surface area contributed by atoms with Crippen molar-refractivity contribution in [3.63, 3.8) is 0 Å². The van der Waals surface area contributed by atoms with Crippen LogP contribution >= 0.6 is 0 Å². The smallest absolute Gasteiger partial charge is 0.323 e. The van der Waals surface area contributed by atoms with Crippen molar-refractivity contribution in [3.8, 4) is 16.9 Å². The van der Waals surface area contributed by atoms with Crippen molar-refractivity contribution >= 4 is 49.8 Å². The highest BCUT2D eigenvalue weighted by molar-refractivity contribution is 7.92. The van der Waals surface area contributed by atoms with E-state index in [4.69, 9.17) is 14.5 Å². The standard InChI is InChI=1S/C39H48N6O6S/c1-39(2,3)28-20-34(37(50-4)35(21-28)45(52(5,48)49)25-36(46)41-22-26-10-11-26)43-38(47)42-33-15-14-30(31-8-6-7-9-32(31)33)27-12-13-29(40-23-27)24-44-16-18-51-19-17-44/h6-9,12-15,20-21,23,26H,10-11,16-19,22,24-25H2,1-5H3,(H,41,46)(H2,42,43,47). The number of amides is 3. The first kappa shape index (κ1) is 37.1. The highest BCUT2D eigenvalue weighted by atomic mass is 32.2. The minimum atomic E-state index is -3.93. The number of aromatic nitrogens is 1. The molecule has 2 aliphatic rings. The Morgan fingerprint density at radius 1 is 0.981 bits per heavy atom. The Morgan fingerprint density at radius 3 is 2.33 bits per heavy atom. The zero-order valence-electron chi connectivity index (χ0n) is 30.5. The van der Waals surface area contributed by atoms with Gasteiger partial charge in [0.05, 0.1) is 49.3 Å². The lowest BCUT2D eigenvalue weighted by Gasteiger charge is -2.29. The van der Waals surface area contributed by atoms with Crippen molar-refractivity contribution in [2.24, 2.45) is 5.92 Å². The second-order valence-electron chi connectivity index (χ2n) is 14.6. The van der Waals surface area contributed by atoms with E-state index < -0.39 is 33.9 Å². The van der Waals surface area contributed by atoms with Gasteiger partial charge in [-0.25, -0.2) is 13.2 Å². The second kappa shape index (κ2) is 15.5. The quantitative estimate of drug-likeness (QED) is 0.162. The van der Waals surface area contributed by atoms with Gasteiger partial charge in [-0.05, 0) is 65.0 Å². The molecule has 1 saturated heterocycles. The number of pyridine rings is 1. The van der Waals surface area contributed by atoms with Crippen molar-refractivity contribution in [2.45, 2.75) is 45.6 Å². The first-order chi connectivity index (χ1) is 24.8. The molecule has 3 amide bonds. The zero-order valence-corrected chi connectivity index (χ0v) is 31.3. The molecule has 2 heterocycles. The molecule has 0 bridgehead atoms. The van der Waals surface area contributed by atoms with Crippen LogP contribution in [0.4, 0.5) is 21.9 Å². The number of urea groups is 1. The summed E-state index contributed by atoms with van der Waals surface area (Å²) in [5.41, 5.74) is 4.26. The Balaban J connectivity index is 1.26. The predicted octanol–water partition coefficient (Wildman–Crippen LogP) is 5.98. The van der Waals surface area contributed by atoms with Gasteiger partial charge >= 0.3 is 6.03 Å².